The zero-order chi connectivity index (χ0) is 23.9. The van der Waals surface area contributed by atoms with Gasteiger partial charge < -0.3 is 5.32 Å². The van der Waals surface area contributed by atoms with E-state index in [1.165, 1.54) is 28.5 Å². The lowest BCUT2D eigenvalue weighted by atomic mass is 10.1. The van der Waals surface area contributed by atoms with Crippen LogP contribution in [0.5, 0.6) is 0 Å². The Bertz CT molecular complexity index is 1240. The number of benzene rings is 3. The molecule has 0 aliphatic heterocycles. The molecule has 0 spiro atoms. The standard InChI is InChI=1S/C28H30N4OS/c1-20-14-17-25(18-21(20)2)32-27(24-12-8-5-9-13-24)30-31-28(32)34-19-26(33)29-22(3)15-16-23-10-6-4-7-11-23/h4-14,17-18,22H,15-16,19H2,1-3H3,(H,29,33). The molecule has 34 heavy (non-hydrogen) atoms. The van der Waals surface area contributed by atoms with E-state index in [-0.39, 0.29) is 17.7 Å². The zero-order valence-electron chi connectivity index (χ0n) is 19.9. The van der Waals surface area contributed by atoms with Crippen LogP contribution in [0.1, 0.15) is 30.0 Å². The highest BCUT2D eigenvalue weighted by Gasteiger charge is 2.18. The van der Waals surface area contributed by atoms with E-state index < -0.39 is 0 Å². The fourth-order valence-electron chi connectivity index (χ4n) is 3.78. The average Bonchev–Trinajstić information content (AvgIpc) is 3.28. The first-order valence-corrected chi connectivity index (χ1v) is 12.5. The zero-order valence-corrected chi connectivity index (χ0v) is 20.7. The molecule has 0 radical (unpaired) electrons. The van der Waals surface area contributed by atoms with E-state index >= 15 is 0 Å². The minimum Gasteiger partial charge on any atom is -0.353 e. The molecule has 0 aliphatic rings. The Labute approximate surface area is 205 Å². The number of carbonyl (C=O) groups excluding carboxylic acids is 1. The summed E-state index contributed by atoms with van der Waals surface area (Å²) in [6.07, 6.45) is 1.84. The lowest BCUT2D eigenvalue weighted by Gasteiger charge is -2.14. The number of hydrogen-bond donors (Lipinski definition) is 1. The highest BCUT2D eigenvalue weighted by atomic mass is 32.2. The average molecular weight is 471 g/mol. The number of aromatic nitrogens is 3. The molecular weight excluding hydrogens is 440 g/mol. The maximum Gasteiger partial charge on any atom is 0.230 e. The fourth-order valence-corrected chi connectivity index (χ4v) is 4.54. The van der Waals surface area contributed by atoms with Crippen LogP contribution >= 0.6 is 11.8 Å². The van der Waals surface area contributed by atoms with Crippen LogP contribution in [0.25, 0.3) is 17.1 Å². The third-order valence-electron chi connectivity index (χ3n) is 5.86. The van der Waals surface area contributed by atoms with Gasteiger partial charge in [0, 0.05) is 11.6 Å². The van der Waals surface area contributed by atoms with Crippen molar-refractivity contribution in [2.45, 2.75) is 44.8 Å². The summed E-state index contributed by atoms with van der Waals surface area (Å²) >= 11 is 1.41. The number of thioether (sulfide) groups is 1. The molecule has 1 heterocycles. The molecule has 1 atom stereocenters. The van der Waals surface area contributed by atoms with Crippen molar-refractivity contribution < 1.29 is 4.79 Å². The second-order valence-electron chi connectivity index (χ2n) is 8.56. The summed E-state index contributed by atoms with van der Waals surface area (Å²) in [5.74, 6) is 1.05. The lowest BCUT2D eigenvalue weighted by Crippen LogP contribution is -2.34. The summed E-state index contributed by atoms with van der Waals surface area (Å²) in [6, 6.07) is 26.8. The van der Waals surface area contributed by atoms with Gasteiger partial charge in [-0.2, -0.15) is 0 Å². The lowest BCUT2D eigenvalue weighted by molar-refractivity contribution is -0.119. The fraction of sp³-hybridized carbons (Fsp3) is 0.250. The van der Waals surface area contributed by atoms with Gasteiger partial charge in [-0.1, -0.05) is 78.5 Å². The van der Waals surface area contributed by atoms with Crippen molar-refractivity contribution in [2.75, 3.05) is 5.75 Å². The quantitative estimate of drug-likeness (QED) is 0.315. The normalized spacial score (nSPS) is 11.9. The van der Waals surface area contributed by atoms with Crippen molar-refractivity contribution in [2.24, 2.45) is 0 Å². The molecule has 4 rings (SSSR count). The Morgan fingerprint density at radius 1 is 0.941 bits per heavy atom. The number of amides is 1. The number of nitrogens with zero attached hydrogens (tertiary/aromatic N) is 3. The summed E-state index contributed by atoms with van der Waals surface area (Å²) < 4.78 is 2.04. The minimum atomic E-state index is 0.00135. The van der Waals surface area contributed by atoms with E-state index in [0.717, 1.165) is 29.9 Å². The third-order valence-corrected chi connectivity index (χ3v) is 6.79. The molecule has 174 valence electrons. The van der Waals surface area contributed by atoms with E-state index in [1.54, 1.807) is 0 Å². The minimum absolute atomic E-state index is 0.00135. The van der Waals surface area contributed by atoms with Crippen LogP contribution in [0.2, 0.25) is 0 Å². The van der Waals surface area contributed by atoms with Gasteiger partial charge in [0.15, 0.2) is 11.0 Å². The molecule has 1 N–H and O–H groups in total. The summed E-state index contributed by atoms with van der Waals surface area (Å²) in [4.78, 5) is 12.7. The van der Waals surface area contributed by atoms with Crippen LogP contribution in [0, 0.1) is 13.8 Å². The SMILES string of the molecule is Cc1ccc(-n2c(SCC(=O)NC(C)CCc3ccccc3)nnc2-c2ccccc2)cc1C. The maximum absolute atomic E-state index is 12.7. The van der Waals surface area contributed by atoms with Crippen molar-refractivity contribution >= 4 is 17.7 Å². The van der Waals surface area contributed by atoms with Crippen molar-refractivity contribution in [3.63, 3.8) is 0 Å². The van der Waals surface area contributed by atoms with Gasteiger partial charge in [-0.15, -0.1) is 10.2 Å². The van der Waals surface area contributed by atoms with Gasteiger partial charge in [-0.25, -0.2) is 0 Å². The molecule has 3 aromatic carbocycles. The summed E-state index contributed by atoms with van der Waals surface area (Å²) in [6.45, 7) is 6.25. The Morgan fingerprint density at radius 3 is 2.35 bits per heavy atom. The highest BCUT2D eigenvalue weighted by Crippen LogP contribution is 2.28. The maximum atomic E-state index is 12.7. The smallest absolute Gasteiger partial charge is 0.230 e. The molecular formula is C28H30N4OS. The molecule has 1 amide bonds. The van der Waals surface area contributed by atoms with Gasteiger partial charge >= 0.3 is 0 Å². The molecule has 6 heteroatoms. The molecule has 0 bridgehead atoms. The van der Waals surface area contributed by atoms with Crippen LogP contribution in [0.15, 0.2) is 84.0 Å². The number of aryl methyl sites for hydroxylation is 3. The first kappa shape index (κ1) is 23.8. The van der Waals surface area contributed by atoms with Gasteiger partial charge in [-0.3, -0.25) is 9.36 Å². The van der Waals surface area contributed by atoms with Gasteiger partial charge in [0.25, 0.3) is 0 Å². The number of nitrogens with one attached hydrogen (secondary N) is 1. The number of rotatable bonds is 9. The third kappa shape index (κ3) is 5.94. The van der Waals surface area contributed by atoms with Crippen LogP contribution < -0.4 is 5.32 Å². The molecule has 1 unspecified atom stereocenters. The van der Waals surface area contributed by atoms with Crippen molar-refractivity contribution in [1.82, 2.24) is 20.1 Å². The van der Waals surface area contributed by atoms with Crippen molar-refractivity contribution in [3.05, 3.63) is 95.6 Å². The second-order valence-corrected chi connectivity index (χ2v) is 9.50. The predicted octanol–water partition coefficient (Wildman–Crippen LogP) is 5.78. The number of hydrogen-bond acceptors (Lipinski definition) is 4. The molecule has 0 saturated heterocycles. The van der Waals surface area contributed by atoms with Crippen LogP contribution in [0.3, 0.4) is 0 Å². The molecule has 0 saturated carbocycles. The Kier molecular flexibility index (Phi) is 7.80. The van der Waals surface area contributed by atoms with E-state index in [4.69, 9.17) is 0 Å². The largest absolute Gasteiger partial charge is 0.353 e. The molecule has 0 fully saturated rings. The van der Waals surface area contributed by atoms with Gasteiger partial charge in [-0.05, 0) is 62.4 Å². The molecule has 0 aliphatic carbocycles. The van der Waals surface area contributed by atoms with Crippen LogP contribution in [-0.4, -0.2) is 32.5 Å². The first-order valence-electron chi connectivity index (χ1n) is 11.6. The summed E-state index contributed by atoms with van der Waals surface area (Å²) in [5, 5.41) is 12.7. The highest BCUT2D eigenvalue weighted by molar-refractivity contribution is 7.99. The van der Waals surface area contributed by atoms with Crippen LogP contribution in [-0.2, 0) is 11.2 Å². The van der Waals surface area contributed by atoms with Crippen molar-refractivity contribution in [3.8, 4) is 17.1 Å². The van der Waals surface area contributed by atoms with E-state index in [1.807, 2.05) is 53.1 Å². The van der Waals surface area contributed by atoms with Gasteiger partial charge in [0.05, 0.1) is 11.4 Å². The predicted molar refractivity (Wildman–Crippen MR) is 139 cm³/mol. The van der Waals surface area contributed by atoms with Crippen molar-refractivity contribution in [1.29, 1.82) is 0 Å². The van der Waals surface area contributed by atoms with E-state index in [9.17, 15) is 4.79 Å². The molecule has 5 nitrogen and oxygen atoms in total. The number of carbonyl (C=O) groups is 1. The van der Waals surface area contributed by atoms with Gasteiger partial charge in [0.2, 0.25) is 5.91 Å². The Morgan fingerprint density at radius 2 is 1.65 bits per heavy atom. The van der Waals surface area contributed by atoms with E-state index in [2.05, 4.69) is 66.6 Å². The topological polar surface area (TPSA) is 59.8 Å². The first-order chi connectivity index (χ1) is 16.5. The molecule has 4 aromatic rings. The summed E-state index contributed by atoms with van der Waals surface area (Å²) in [7, 11) is 0. The van der Waals surface area contributed by atoms with Crippen LogP contribution in [0.4, 0.5) is 0 Å². The second kappa shape index (κ2) is 11.2. The monoisotopic (exact) mass is 470 g/mol. The molecule has 1 aromatic heterocycles. The Balaban J connectivity index is 1.46. The van der Waals surface area contributed by atoms with Gasteiger partial charge in [0.1, 0.15) is 0 Å². The summed E-state index contributed by atoms with van der Waals surface area (Å²) in [5.41, 5.74) is 5.69. The Hall–Kier alpha value is -3.38. The van der Waals surface area contributed by atoms with E-state index in [0.29, 0.717) is 5.16 Å².